The van der Waals surface area contributed by atoms with Gasteiger partial charge in [-0.2, -0.15) is 0 Å². The molecule has 1 aliphatic rings. The molecule has 3 nitrogen and oxygen atoms in total. The molecule has 1 rings (SSSR count). The number of hydrogen-bond acceptors (Lipinski definition) is 2. The van der Waals surface area contributed by atoms with Gasteiger partial charge in [0.25, 0.3) is 0 Å². The van der Waals surface area contributed by atoms with Gasteiger partial charge in [0, 0.05) is 44.1 Å². The number of hydrogen-bond donors (Lipinski definition) is 2. The third kappa shape index (κ3) is 3.87. The molecule has 0 atom stereocenters. The van der Waals surface area contributed by atoms with Gasteiger partial charge < -0.3 is 10.2 Å². The van der Waals surface area contributed by atoms with Gasteiger partial charge in [-0.05, 0) is 25.7 Å². The van der Waals surface area contributed by atoms with Gasteiger partial charge in [-0.15, -0.1) is 0 Å². The molecule has 0 aromatic carbocycles. The Morgan fingerprint density at radius 3 is 2.00 bits per heavy atom. The summed E-state index contributed by atoms with van der Waals surface area (Å²) in [7, 11) is 0. The smallest absolute Gasteiger partial charge is 0.306 e. The predicted octanol–water partition coefficient (Wildman–Crippen LogP) is 0.622. The van der Waals surface area contributed by atoms with Crippen LogP contribution in [0.15, 0.2) is 0 Å². The number of aliphatic hydroxyl groups is 1. The molecule has 0 aromatic rings. The van der Waals surface area contributed by atoms with Crippen LogP contribution in [0.2, 0.25) is 0 Å². The Morgan fingerprint density at radius 2 is 1.64 bits per heavy atom. The van der Waals surface area contributed by atoms with Crippen molar-refractivity contribution < 1.29 is 59.1 Å². The van der Waals surface area contributed by atoms with Crippen molar-refractivity contribution in [2.75, 3.05) is 0 Å². The first kappa shape index (κ1) is 11.9. The molecule has 0 aliphatic heterocycles. The van der Waals surface area contributed by atoms with Crippen LogP contribution in [0.1, 0.15) is 25.7 Å². The third-order valence-electron chi connectivity index (χ3n) is 2.05. The molecule has 0 spiro atoms. The maximum absolute atomic E-state index is 10.4. The van der Waals surface area contributed by atoms with Crippen LogP contribution in [0, 0.1) is 50.0 Å². The number of carboxylic acid groups (broad SMARTS) is 1. The molecule has 61 valence electrons. The van der Waals surface area contributed by atoms with Crippen molar-refractivity contribution in [3.8, 4) is 0 Å². The zero-order chi connectivity index (χ0) is 7.56. The van der Waals surface area contributed by atoms with E-state index in [0.717, 1.165) is 0 Å². The van der Waals surface area contributed by atoms with E-state index >= 15 is 0 Å². The van der Waals surface area contributed by atoms with Crippen LogP contribution >= 0.6 is 0 Å². The quantitative estimate of drug-likeness (QED) is 0.711. The Morgan fingerprint density at radius 1 is 1.18 bits per heavy atom. The van der Waals surface area contributed by atoms with Gasteiger partial charge in [0.05, 0.1) is 12.0 Å². The van der Waals surface area contributed by atoms with Gasteiger partial charge in [0.15, 0.2) is 0 Å². The van der Waals surface area contributed by atoms with E-state index in [9.17, 15) is 4.79 Å². The molecule has 2 N–H and O–H groups in total. The van der Waals surface area contributed by atoms with E-state index in [0.29, 0.717) is 25.7 Å². The number of carboxylic acids is 1. The van der Waals surface area contributed by atoms with Gasteiger partial charge in [0.1, 0.15) is 0 Å². The summed E-state index contributed by atoms with van der Waals surface area (Å²) in [5, 5.41) is 17.6. The van der Waals surface area contributed by atoms with Crippen LogP contribution in [0.3, 0.4) is 0 Å². The van der Waals surface area contributed by atoms with E-state index in [4.69, 9.17) is 10.2 Å². The number of carbonyl (C=O) groups is 1. The van der Waals surface area contributed by atoms with Gasteiger partial charge in [0.2, 0.25) is 0 Å². The van der Waals surface area contributed by atoms with Crippen molar-refractivity contribution in [2.45, 2.75) is 31.8 Å². The molecule has 11 heavy (non-hydrogen) atoms. The second-order valence-electron chi connectivity index (χ2n) is 2.84. The molecular formula is C7H12AcO3. The molecule has 0 bridgehead atoms. The summed E-state index contributed by atoms with van der Waals surface area (Å²) in [6.07, 6.45) is 2.32. The average Bonchev–Trinajstić information content (AvgIpc) is 1.88. The minimum Gasteiger partial charge on any atom is -0.481 e. The Labute approximate surface area is 102 Å². The van der Waals surface area contributed by atoms with Gasteiger partial charge in [-0.1, -0.05) is 0 Å². The monoisotopic (exact) mass is 371 g/mol. The first-order valence-electron chi connectivity index (χ1n) is 3.61. The maximum atomic E-state index is 10.4. The van der Waals surface area contributed by atoms with E-state index in [1.165, 1.54) is 0 Å². The molecule has 0 heterocycles. The second kappa shape index (κ2) is 5.51. The summed E-state index contributed by atoms with van der Waals surface area (Å²) in [6, 6.07) is 0. The van der Waals surface area contributed by atoms with E-state index in [-0.39, 0.29) is 56.1 Å². The van der Waals surface area contributed by atoms with Gasteiger partial charge in [-0.3, -0.25) is 4.79 Å². The number of rotatable bonds is 1. The molecule has 1 fully saturated rings. The van der Waals surface area contributed by atoms with Crippen molar-refractivity contribution in [3.05, 3.63) is 0 Å². The van der Waals surface area contributed by atoms with Crippen LogP contribution in [0.5, 0.6) is 0 Å². The van der Waals surface area contributed by atoms with E-state index in [1.807, 2.05) is 0 Å². The molecule has 0 amide bonds. The van der Waals surface area contributed by atoms with Gasteiger partial charge >= 0.3 is 5.97 Å². The zero-order valence-electron chi connectivity index (χ0n) is 6.36. The van der Waals surface area contributed by atoms with Crippen molar-refractivity contribution in [3.63, 3.8) is 0 Å². The normalized spacial score (nSPS) is 30.6. The first-order valence-corrected chi connectivity index (χ1v) is 3.61. The van der Waals surface area contributed by atoms with Crippen LogP contribution in [-0.2, 0) is 4.79 Å². The third-order valence-corrected chi connectivity index (χ3v) is 2.05. The number of aliphatic hydroxyl groups excluding tert-OH is 1. The van der Waals surface area contributed by atoms with Crippen LogP contribution < -0.4 is 0 Å². The van der Waals surface area contributed by atoms with Crippen molar-refractivity contribution in [1.82, 2.24) is 0 Å². The molecular weight excluding hydrogens is 359 g/mol. The SMILES string of the molecule is O=C(O)C1CCC(O)CC1.[Ac]. The molecule has 0 unspecified atom stereocenters. The number of aliphatic carboxylic acids is 1. The largest absolute Gasteiger partial charge is 0.481 e. The van der Waals surface area contributed by atoms with Crippen molar-refractivity contribution in [1.29, 1.82) is 0 Å². The van der Waals surface area contributed by atoms with Crippen molar-refractivity contribution >= 4 is 5.97 Å². The molecule has 1 aliphatic carbocycles. The van der Waals surface area contributed by atoms with E-state index in [1.54, 1.807) is 0 Å². The minimum atomic E-state index is -0.716. The Kier molecular flexibility index (Phi) is 5.94. The van der Waals surface area contributed by atoms with E-state index in [2.05, 4.69) is 0 Å². The molecule has 0 saturated heterocycles. The minimum absolute atomic E-state index is 0. The molecule has 1 radical (unpaired) electrons. The summed E-state index contributed by atoms with van der Waals surface area (Å²) in [4.78, 5) is 10.4. The molecule has 1 saturated carbocycles. The van der Waals surface area contributed by atoms with E-state index < -0.39 is 5.97 Å². The second-order valence-corrected chi connectivity index (χ2v) is 2.84. The fourth-order valence-electron chi connectivity index (χ4n) is 1.32. The Hall–Kier alpha value is 0.872. The summed E-state index contributed by atoms with van der Waals surface area (Å²) < 4.78 is 0. The predicted molar refractivity (Wildman–Crippen MR) is 35.6 cm³/mol. The standard InChI is InChI=1S/C7H12O3.Ac/c8-6-3-1-5(2-4-6)7(9)10;/h5-6,8H,1-4H2,(H,9,10);. The Bertz CT molecular complexity index is 130. The van der Waals surface area contributed by atoms with Crippen LogP contribution in [0.4, 0.5) is 0 Å². The van der Waals surface area contributed by atoms with Gasteiger partial charge in [-0.25, -0.2) is 0 Å². The summed E-state index contributed by atoms with van der Waals surface area (Å²) in [6.45, 7) is 0. The molecule has 4 heteroatoms. The fourth-order valence-corrected chi connectivity index (χ4v) is 1.32. The summed E-state index contributed by atoms with van der Waals surface area (Å²) in [5.41, 5.74) is 0. The topological polar surface area (TPSA) is 57.5 Å². The maximum Gasteiger partial charge on any atom is 0.306 e. The first-order chi connectivity index (χ1) is 4.70. The van der Waals surface area contributed by atoms with Crippen molar-refractivity contribution in [2.24, 2.45) is 5.92 Å². The van der Waals surface area contributed by atoms with Crippen LogP contribution in [0.25, 0.3) is 0 Å². The Balaban J connectivity index is 0.000001000. The molecule has 0 aromatic heterocycles. The summed E-state index contributed by atoms with van der Waals surface area (Å²) >= 11 is 0. The van der Waals surface area contributed by atoms with Crippen LogP contribution in [-0.4, -0.2) is 22.3 Å². The zero-order valence-corrected chi connectivity index (χ0v) is 11.1. The average molecular weight is 371 g/mol. The fraction of sp³-hybridized carbons (Fsp3) is 0.857. The summed E-state index contributed by atoms with van der Waals surface area (Å²) in [5.74, 6) is -0.921.